The highest BCUT2D eigenvalue weighted by Crippen LogP contribution is 2.40. The summed E-state index contributed by atoms with van der Waals surface area (Å²) in [4.78, 5) is 16.7. The Labute approximate surface area is 217 Å². The number of nitrogens with zero attached hydrogens (tertiary/aromatic N) is 4. The number of pyridine rings is 1. The molecule has 1 unspecified atom stereocenters. The van der Waals surface area contributed by atoms with Gasteiger partial charge in [-0.15, -0.1) is 4.31 Å². The number of aromatic amines is 1. The van der Waals surface area contributed by atoms with Crippen molar-refractivity contribution in [1.82, 2.24) is 24.2 Å². The summed E-state index contributed by atoms with van der Waals surface area (Å²) in [6.45, 7) is 3.19. The molecular weight excluding hydrogens is 491 g/mol. The number of rotatable bonds is 7. The Morgan fingerprint density at radius 1 is 1.16 bits per heavy atom. The van der Waals surface area contributed by atoms with E-state index in [1.54, 1.807) is 29.7 Å². The normalized spacial score (nSPS) is 17.4. The summed E-state index contributed by atoms with van der Waals surface area (Å²) in [5, 5.41) is 11.5. The molecule has 8 nitrogen and oxygen atoms in total. The van der Waals surface area contributed by atoms with Crippen LogP contribution in [-0.2, 0) is 11.5 Å². The lowest BCUT2D eigenvalue weighted by atomic mass is 9.95. The van der Waals surface area contributed by atoms with Crippen molar-refractivity contribution in [3.05, 3.63) is 71.8 Å². The Hall–Kier alpha value is -3.47. The van der Waals surface area contributed by atoms with Gasteiger partial charge in [-0.05, 0) is 56.4 Å². The Balaban J connectivity index is 1.36. The zero-order chi connectivity index (χ0) is 25.5. The van der Waals surface area contributed by atoms with E-state index in [1.807, 2.05) is 18.5 Å². The highest BCUT2D eigenvalue weighted by molar-refractivity contribution is 7.90. The first-order valence-electron chi connectivity index (χ1n) is 12.4. The van der Waals surface area contributed by atoms with E-state index in [0.717, 1.165) is 48.0 Å². The Morgan fingerprint density at radius 3 is 2.59 bits per heavy atom. The van der Waals surface area contributed by atoms with Crippen LogP contribution in [0.25, 0.3) is 27.7 Å². The van der Waals surface area contributed by atoms with Gasteiger partial charge in [-0.25, -0.2) is 19.3 Å². The Morgan fingerprint density at radius 2 is 1.89 bits per heavy atom. The van der Waals surface area contributed by atoms with Crippen molar-refractivity contribution in [3.63, 3.8) is 0 Å². The molecule has 0 radical (unpaired) electrons. The Bertz CT molecular complexity index is 1480. The second-order valence-electron chi connectivity index (χ2n) is 9.44. The van der Waals surface area contributed by atoms with Crippen molar-refractivity contribution in [2.24, 2.45) is 0 Å². The topological polar surface area (TPSA) is 113 Å². The van der Waals surface area contributed by atoms with E-state index in [0.29, 0.717) is 35.8 Å². The van der Waals surface area contributed by atoms with Crippen LogP contribution in [0, 0.1) is 5.82 Å². The molecule has 1 aromatic carbocycles. The maximum atomic E-state index is 15.8. The minimum absolute atomic E-state index is 0.0364. The van der Waals surface area contributed by atoms with E-state index in [4.69, 9.17) is 0 Å². The van der Waals surface area contributed by atoms with E-state index in [-0.39, 0.29) is 17.0 Å². The van der Waals surface area contributed by atoms with Crippen LogP contribution >= 0.6 is 0 Å². The van der Waals surface area contributed by atoms with Crippen molar-refractivity contribution in [2.45, 2.75) is 38.5 Å². The predicted octanol–water partition coefficient (Wildman–Crippen LogP) is 5.28. The summed E-state index contributed by atoms with van der Waals surface area (Å²) >= 11 is -1.56. The quantitative estimate of drug-likeness (QED) is 0.225. The molecule has 0 amide bonds. The molecule has 0 bridgehead atoms. The lowest BCUT2D eigenvalue weighted by Gasteiger charge is -2.20. The van der Waals surface area contributed by atoms with Gasteiger partial charge in [0.2, 0.25) is 0 Å². The monoisotopic (exact) mass is 518 g/mol. The number of benzene rings is 1. The van der Waals surface area contributed by atoms with Crippen molar-refractivity contribution in [2.75, 3.05) is 17.8 Å². The first-order chi connectivity index (χ1) is 18.0. The van der Waals surface area contributed by atoms with Gasteiger partial charge in [0.25, 0.3) is 0 Å². The third kappa shape index (κ3) is 4.56. The first kappa shape index (κ1) is 23.9. The fraction of sp³-hybridized carbons (Fsp3) is 0.296. The summed E-state index contributed by atoms with van der Waals surface area (Å²) < 4.78 is 33.1. The van der Waals surface area contributed by atoms with Gasteiger partial charge >= 0.3 is 0 Å². The number of allylic oxidation sites excluding steroid dienone is 1. The van der Waals surface area contributed by atoms with Gasteiger partial charge < -0.3 is 14.6 Å². The van der Waals surface area contributed by atoms with Gasteiger partial charge in [-0.1, -0.05) is 6.08 Å². The number of fused-ring (bicyclic) bond motifs is 1. The summed E-state index contributed by atoms with van der Waals surface area (Å²) in [5.74, 6) is 0.485. The van der Waals surface area contributed by atoms with Crippen LogP contribution in [0.15, 0.2) is 49.1 Å². The Kier molecular flexibility index (Phi) is 6.31. The van der Waals surface area contributed by atoms with Gasteiger partial charge in [0.05, 0.1) is 5.56 Å². The smallest absolute Gasteiger partial charge is 0.166 e. The number of H-pyrrole nitrogens is 1. The molecule has 2 aliphatic rings. The number of phenols is 1. The first-order valence-corrected chi connectivity index (χ1v) is 13.6. The number of aromatic nitrogens is 4. The second-order valence-corrected chi connectivity index (χ2v) is 10.7. The molecule has 1 aliphatic heterocycles. The van der Waals surface area contributed by atoms with Gasteiger partial charge in [0.15, 0.2) is 17.4 Å². The molecule has 1 saturated carbocycles. The number of halogens is 1. The maximum absolute atomic E-state index is 15.8. The second kappa shape index (κ2) is 9.77. The van der Waals surface area contributed by atoms with Crippen LogP contribution < -0.4 is 4.72 Å². The molecule has 10 heteroatoms. The predicted molar refractivity (Wildman–Crippen MR) is 142 cm³/mol. The van der Waals surface area contributed by atoms with Crippen LogP contribution in [0.3, 0.4) is 0 Å². The fourth-order valence-electron chi connectivity index (χ4n) is 4.77. The summed E-state index contributed by atoms with van der Waals surface area (Å²) in [6.07, 6.45) is 13.1. The molecule has 1 saturated heterocycles. The number of phenolic OH excluding ortho intramolecular Hbond substituents is 1. The summed E-state index contributed by atoms with van der Waals surface area (Å²) in [7, 11) is 0. The lowest BCUT2D eigenvalue weighted by molar-refractivity contribution is 0.466. The lowest BCUT2D eigenvalue weighted by Crippen LogP contribution is -2.33. The van der Waals surface area contributed by atoms with Crippen molar-refractivity contribution in [3.8, 4) is 16.9 Å². The van der Waals surface area contributed by atoms with E-state index >= 15 is 4.39 Å². The standard InChI is InChI=1S/C27H27FN6O2S/c1-2-19(24-23(35)8-7-22(25(24)28)33-37(36)34-9-3-4-10-34)21-15-32-27-20(21)11-17(12-31-27)18-13-29-26(30-14-18)16-5-6-16/h2,7-8,11-16,33,35H,3-6,9-10H2,1H3,(H,31,32). The van der Waals surface area contributed by atoms with E-state index < -0.39 is 17.4 Å². The van der Waals surface area contributed by atoms with Crippen LogP contribution in [0.5, 0.6) is 5.75 Å². The third-order valence-electron chi connectivity index (χ3n) is 6.94. The molecule has 2 fully saturated rings. The number of anilines is 1. The SMILES string of the molecule is CC=C(c1c(O)ccc(N[S+]([O-])N2CCCC2)c1F)c1c[nH]c2ncc(-c3cnc(C4CC4)nc3)cc12. The van der Waals surface area contributed by atoms with Gasteiger partial charge in [0.1, 0.15) is 22.9 Å². The largest absolute Gasteiger partial charge is 0.573 e. The van der Waals surface area contributed by atoms with E-state index in [1.165, 1.54) is 12.1 Å². The molecule has 6 rings (SSSR count). The van der Waals surface area contributed by atoms with Gasteiger partial charge in [-0.2, -0.15) is 4.72 Å². The zero-order valence-corrected chi connectivity index (χ0v) is 21.2. The minimum Gasteiger partial charge on any atom is -0.573 e. The molecule has 0 spiro atoms. The average Bonchev–Trinajstić information content (AvgIpc) is 3.45. The highest BCUT2D eigenvalue weighted by atomic mass is 32.2. The van der Waals surface area contributed by atoms with Gasteiger partial charge in [0, 0.05) is 65.9 Å². The number of nitrogens with one attached hydrogen (secondary N) is 2. The van der Waals surface area contributed by atoms with Crippen molar-refractivity contribution >= 4 is 33.8 Å². The van der Waals surface area contributed by atoms with E-state index in [2.05, 4.69) is 24.7 Å². The average molecular weight is 519 g/mol. The maximum Gasteiger partial charge on any atom is 0.166 e. The molecule has 3 aromatic heterocycles. The minimum atomic E-state index is -1.56. The summed E-state index contributed by atoms with van der Waals surface area (Å²) in [5.41, 5.74) is 3.62. The summed E-state index contributed by atoms with van der Waals surface area (Å²) in [6, 6.07) is 4.80. The fourth-order valence-corrected chi connectivity index (χ4v) is 5.84. The highest BCUT2D eigenvalue weighted by Gasteiger charge is 2.28. The molecule has 37 heavy (non-hydrogen) atoms. The molecule has 190 valence electrons. The van der Waals surface area contributed by atoms with Crippen molar-refractivity contribution < 1.29 is 14.0 Å². The van der Waals surface area contributed by atoms with Crippen LogP contribution in [0.1, 0.15) is 55.5 Å². The molecule has 4 heterocycles. The van der Waals surface area contributed by atoms with Crippen LogP contribution in [0.2, 0.25) is 0 Å². The van der Waals surface area contributed by atoms with Crippen LogP contribution in [-0.4, -0.2) is 47.0 Å². The van der Waals surface area contributed by atoms with Crippen molar-refractivity contribution in [1.29, 1.82) is 0 Å². The molecular formula is C27H27FN6O2S. The van der Waals surface area contributed by atoms with E-state index in [9.17, 15) is 9.66 Å². The third-order valence-corrected chi connectivity index (χ3v) is 8.17. The zero-order valence-electron chi connectivity index (χ0n) is 20.4. The molecule has 1 atom stereocenters. The number of hydrogen-bond donors (Lipinski definition) is 3. The molecule has 1 aliphatic carbocycles. The number of hydrogen-bond acceptors (Lipinski definition) is 7. The van der Waals surface area contributed by atoms with Gasteiger partial charge in [-0.3, -0.25) is 0 Å². The molecule has 4 aromatic rings. The number of aromatic hydroxyl groups is 1. The van der Waals surface area contributed by atoms with Crippen LogP contribution in [0.4, 0.5) is 10.1 Å². The molecule has 3 N–H and O–H groups in total.